The van der Waals surface area contributed by atoms with E-state index in [-0.39, 0.29) is 23.2 Å². The van der Waals surface area contributed by atoms with Crippen molar-refractivity contribution < 1.29 is 14.2 Å². The number of ether oxygens (including phenoxy) is 3. The molecule has 0 atom stereocenters. The summed E-state index contributed by atoms with van der Waals surface area (Å²) in [5.41, 5.74) is 2.94. The SMILES string of the molecule is Clc1nc(Cl)nc(OCc2cc(OCc3ccccc3)cc(OCc3ccccc3)c2)n1. The number of hydrogen-bond acceptors (Lipinski definition) is 6. The van der Waals surface area contributed by atoms with E-state index in [9.17, 15) is 0 Å². The second kappa shape index (κ2) is 10.8. The van der Waals surface area contributed by atoms with Crippen molar-refractivity contribution in [2.24, 2.45) is 0 Å². The molecule has 162 valence electrons. The van der Waals surface area contributed by atoms with Gasteiger partial charge in [-0.05, 0) is 52.0 Å². The van der Waals surface area contributed by atoms with E-state index in [4.69, 9.17) is 37.4 Å². The highest BCUT2D eigenvalue weighted by Gasteiger charge is 2.09. The quantitative estimate of drug-likeness (QED) is 0.304. The van der Waals surface area contributed by atoms with Crippen molar-refractivity contribution in [2.75, 3.05) is 0 Å². The van der Waals surface area contributed by atoms with Gasteiger partial charge in [-0.3, -0.25) is 0 Å². The molecule has 0 aliphatic carbocycles. The molecule has 0 unspecified atom stereocenters. The molecule has 3 aromatic carbocycles. The molecule has 6 nitrogen and oxygen atoms in total. The Morgan fingerprint density at radius 2 is 1.00 bits per heavy atom. The summed E-state index contributed by atoms with van der Waals surface area (Å²) in [6.45, 7) is 1.03. The summed E-state index contributed by atoms with van der Waals surface area (Å²) in [5, 5.41) is -0.0707. The van der Waals surface area contributed by atoms with Crippen LogP contribution >= 0.6 is 23.2 Å². The number of benzene rings is 3. The van der Waals surface area contributed by atoms with Crippen molar-refractivity contribution in [3.05, 3.63) is 106 Å². The van der Waals surface area contributed by atoms with Gasteiger partial charge in [0.1, 0.15) is 31.3 Å². The first-order valence-corrected chi connectivity index (χ1v) is 10.6. The molecule has 0 aliphatic rings. The van der Waals surface area contributed by atoms with E-state index < -0.39 is 0 Å². The van der Waals surface area contributed by atoms with Crippen LogP contribution in [-0.2, 0) is 19.8 Å². The molecule has 0 N–H and O–H groups in total. The topological polar surface area (TPSA) is 66.4 Å². The second-order valence-electron chi connectivity index (χ2n) is 6.81. The molecule has 0 bridgehead atoms. The van der Waals surface area contributed by atoms with Crippen LogP contribution in [0.1, 0.15) is 16.7 Å². The third-order valence-electron chi connectivity index (χ3n) is 4.36. The van der Waals surface area contributed by atoms with Crippen molar-refractivity contribution >= 4 is 23.2 Å². The van der Waals surface area contributed by atoms with Crippen LogP contribution in [0.15, 0.2) is 78.9 Å². The van der Waals surface area contributed by atoms with Crippen LogP contribution in [0.3, 0.4) is 0 Å². The number of hydrogen-bond donors (Lipinski definition) is 0. The fourth-order valence-electron chi connectivity index (χ4n) is 2.88. The molecule has 32 heavy (non-hydrogen) atoms. The lowest BCUT2D eigenvalue weighted by molar-refractivity contribution is 0.270. The Kier molecular flexibility index (Phi) is 7.38. The summed E-state index contributed by atoms with van der Waals surface area (Å²) in [6, 6.07) is 25.5. The zero-order valence-electron chi connectivity index (χ0n) is 16.9. The summed E-state index contributed by atoms with van der Waals surface area (Å²) in [6.07, 6.45) is 0. The molecule has 1 heterocycles. The average Bonchev–Trinajstić information content (AvgIpc) is 2.81. The monoisotopic (exact) mass is 467 g/mol. The molecule has 0 fully saturated rings. The Morgan fingerprint density at radius 1 is 0.531 bits per heavy atom. The van der Waals surface area contributed by atoms with Crippen molar-refractivity contribution in [3.63, 3.8) is 0 Å². The van der Waals surface area contributed by atoms with Crippen LogP contribution in [0.25, 0.3) is 0 Å². The lowest BCUT2D eigenvalue weighted by Crippen LogP contribution is -2.03. The molecule has 0 spiro atoms. The number of halogens is 2. The van der Waals surface area contributed by atoms with E-state index in [1.807, 2.05) is 78.9 Å². The van der Waals surface area contributed by atoms with Gasteiger partial charge in [-0.15, -0.1) is 0 Å². The lowest BCUT2D eigenvalue weighted by Gasteiger charge is -2.13. The van der Waals surface area contributed by atoms with E-state index in [0.717, 1.165) is 16.7 Å². The maximum absolute atomic E-state index is 6.00. The van der Waals surface area contributed by atoms with Gasteiger partial charge < -0.3 is 14.2 Å². The van der Waals surface area contributed by atoms with E-state index >= 15 is 0 Å². The highest BCUT2D eigenvalue weighted by atomic mass is 35.5. The Morgan fingerprint density at radius 3 is 1.50 bits per heavy atom. The highest BCUT2D eigenvalue weighted by molar-refractivity contribution is 6.31. The molecule has 0 amide bonds. The average molecular weight is 468 g/mol. The maximum atomic E-state index is 6.00. The van der Waals surface area contributed by atoms with E-state index in [2.05, 4.69) is 15.0 Å². The van der Waals surface area contributed by atoms with Crippen LogP contribution < -0.4 is 14.2 Å². The minimum Gasteiger partial charge on any atom is -0.489 e. The van der Waals surface area contributed by atoms with E-state index in [1.165, 1.54) is 0 Å². The minimum absolute atomic E-state index is 0.0353. The molecule has 4 rings (SSSR count). The Balaban J connectivity index is 1.50. The molecule has 4 aromatic rings. The van der Waals surface area contributed by atoms with Gasteiger partial charge >= 0.3 is 6.01 Å². The fourth-order valence-corrected chi connectivity index (χ4v) is 3.23. The summed E-state index contributed by atoms with van der Waals surface area (Å²) in [7, 11) is 0. The maximum Gasteiger partial charge on any atom is 0.322 e. The van der Waals surface area contributed by atoms with Gasteiger partial charge in [0, 0.05) is 6.07 Å². The number of nitrogens with zero attached hydrogens (tertiary/aromatic N) is 3. The number of rotatable bonds is 9. The van der Waals surface area contributed by atoms with Gasteiger partial charge in [0.2, 0.25) is 10.6 Å². The van der Waals surface area contributed by atoms with Crippen molar-refractivity contribution in [2.45, 2.75) is 19.8 Å². The molecular weight excluding hydrogens is 449 g/mol. The Hall–Kier alpha value is -3.35. The fraction of sp³-hybridized carbons (Fsp3) is 0.125. The lowest BCUT2D eigenvalue weighted by atomic mass is 10.2. The Labute approximate surface area is 195 Å². The summed E-state index contributed by atoms with van der Waals surface area (Å²) < 4.78 is 17.6. The largest absolute Gasteiger partial charge is 0.489 e. The first-order chi connectivity index (χ1) is 15.6. The normalized spacial score (nSPS) is 10.6. The summed E-state index contributed by atoms with van der Waals surface area (Å²) in [5.74, 6) is 1.31. The van der Waals surface area contributed by atoms with Crippen molar-refractivity contribution in [1.29, 1.82) is 0 Å². The molecule has 8 heteroatoms. The molecule has 1 aromatic heterocycles. The van der Waals surface area contributed by atoms with Crippen LogP contribution in [0.2, 0.25) is 10.6 Å². The zero-order valence-corrected chi connectivity index (χ0v) is 18.5. The predicted octanol–water partition coefficient (Wildman–Crippen LogP) is 5.92. The molecule has 0 radical (unpaired) electrons. The van der Waals surface area contributed by atoms with E-state index in [0.29, 0.717) is 24.7 Å². The third-order valence-corrected chi connectivity index (χ3v) is 4.70. The first kappa shape index (κ1) is 21.9. The second-order valence-corrected chi connectivity index (χ2v) is 7.48. The van der Waals surface area contributed by atoms with Crippen LogP contribution in [0.5, 0.6) is 17.5 Å². The predicted molar refractivity (Wildman–Crippen MR) is 122 cm³/mol. The third kappa shape index (κ3) is 6.57. The smallest absolute Gasteiger partial charge is 0.322 e. The highest BCUT2D eigenvalue weighted by Crippen LogP contribution is 2.26. The van der Waals surface area contributed by atoms with Gasteiger partial charge in [0.25, 0.3) is 0 Å². The minimum atomic E-state index is -0.0353. The summed E-state index contributed by atoms with van der Waals surface area (Å²) in [4.78, 5) is 11.6. The van der Waals surface area contributed by atoms with E-state index in [1.54, 1.807) is 0 Å². The first-order valence-electron chi connectivity index (χ1n) is 9.81. The number of aromatic nitrogens is 3. The van der Waals surface area contributed by atoms with Gasteiger partial charge in [-0.2, -0.15) is 15.0 Å². The van der Waals surface area contributed by atoms with Crippen LogP contribution in [-0.4, -0.2) is 15.0 Å². The Bertz CT molecular complexity index is 1080. The molecular formula is C24H19Cl2N3O3. The van der Waals surface area contributed by atoms with Gasteiger partial charge in [0.05, 0.1) is 0 Å². The van der Waals surface area contributed by atoms with Crippen LogP contribution in [0.4, 0.5) is 0 Å². The van der Waals surface area contributed by atoms with Crippen LogP contribution in [0, 0.1) is 0 Å². The van der Waals surface area contributed by atoms with Gasteiger partial charge in [-0.25, -0.2) is 0 Å². The van der Waals surface area contributed by atoms with Gasteiger partial charge in [0.15, 0.2) is 0 Å². The van der Waals surface area contributed by atoms with Crippen molar-refractivity contribution in [3.8, 4) is 17.5 Å². The van der Waals surface area contributed by atoms with Gasteiger partial charge in [-0.1, -0.05) is 60.7 Å². The summed E-state index contributed by atoms with van der Waals surface area (Å²) >= 11 is 11.6. The van der Waals surface area contributed by atoms with Crippen molar-refractivity contribution in [1.82, 2.24) is 15.0 Å². The molecule has 0 saturated heterocycles. The molecule has 0 aliphatic heterocycles. The standard InChI is InChI=1S/C24H19Cl2N3O3/c25-22-27-23(26)29-24(28-22)32-16-19-11-20(30-14-17-7-3-1-4-8-17)13-21(12-19)31-15-18-9-5-2-6-10-18/h1-13H,14-16H2. The molecule has 0 saturated carbocycles. The zero-order chi connectivity index (χ0) is 22.2.